The van der Waals surface area contributed by atoms with E-state index >= 15 is 0 Å². The van der Waals surface area contributed by atoms with Crippen LogP contribution in [-0.2, 0) is 11.0 Å². The van der Waals surface area contributed by atoms with E-state index in [2.05, 4.69) is 50.8 Å². The molecule has 2 aromatic carbocycles. The number of nitrogens with one attached hydrogen (secondary N) is 2. The van der Waals surface area contributed by atoms with Crippen LogP contribution in [0.4, 0.5) is 23.2 Å². The molecule has 2 heterocycles. The number of rotatable bonds is 7. The smallest absolute Gasteiger partial charge is 0.432 e. The molecule has 40 heavy (non-hydrogen) atoms. The van der Waals surface area contributed by atoms with Gasteiger partial charge in [0.05, 0.1) is 16.9 Å². The molecule has 3 aromatic rings. The number of anilines is 1. The summed E-state index contributed by atoms with van der Waals surface area (Å²) >= 11 is 5.77. The largest absolute Gasteiger partial charge is 0.490 e. The first kappa shape index (κ1) is 29.4. The summed E-state index contributed by atoms with van der Waals surface area (Å²) in [4.78, 5) is 23.4. The molecule has 2 N–H and O–H groups in total. The van der Waals surface area contributed by atoms with Gasteiger partial charge in [0, 0.05) is 55.8 Å². The molecule has 7 nitrogen and oxygen atoms in total. The van der Waals surface area contributed by atoms with Gasteiger partial charge in [-0.15, -0.1) is 0 Å². The van der Waals surface area contributed by atoms with Gasteiger partial charge in [0.2, 0.25) is 0 Å². The molecule has 0 aliphatic carbocycles. The summed E-state index contributed by atoms with van der Waals surface area (Å²) in [7, 11) is 0. The molecule has 1 aliphatic heterocycles. The number of hydrogen-bond acceptors (Lipinski definition) is 5. The number of carbonyl (C=O) groups is 1. The third-order valence-corrected chi connectivity index (χ3v) is 6.71. The van der Waals surface area contributed by atoms with Crippen molar-refractivity contribution in [2.45, 2.75) is 26.1 Å². The predicted molar refractivity (Wildman–Crippen MR) is 145 cm³/mol. The fourth-order valence-electron chi connectivity index (χ4n) is 4.16. The number of aromatic nitrogens is 2. The van der Waals surface area contributed by atoms with E-state index in [1.165, 1.54) is 18.2 Å². The van der Waals surface area contributed by atoms with Crippen molar-refractivity contribution < 1.29 is 27.1 Å². The third-order valence-electron chi connectivity index (χ3n) is 6.42. The number of halogens is 5. The first-order valence-electron chi connectivity index (χ1n) is 12.6. The quantitative estimate of drug-likeness (QED) is 0.295. The van der Waals surface area contributed by atoms with Gasteiger partial charge in [0.25, 0.3) is 0 Å². The van der Waals surface area contributed by atoms with Gasteiger partial charge in [0.15, 0.2) is 0 Å². The highest BCUT2D eigenvalue weighted by Gasteiger charge is 2.33. The van der Waals surface area contributed by atoms with Gasteiger partial charge < -0.3 is 15.0 Å². The lowest BCUT2D eigenvalue weighted by molar-refractivity contribution is -0.140. The molecule has 0 bridgehead atoms. The van der Waals surface area contributed by atoms with Crippen LogP contribution in [0.3, 0.4) is 0 Å². The van der Waals surface area contributed by atoms with Crippen molar-refractivity contribution in [1.82, 2.24) is 19.8 Å². The lowest BCUT2D eigenvalue weighted by Gasteiger charge is -2.36. The van der Waals surface area contributed by atoms with E-state index in [1.54, 1.807) is 12.1 Å². The zero-order valence-electron chi connectivity index (χ0n) is 21.9. The molecule has 0 radical (unpaired) electrons. The number of carbonyl (C=O) groups excluding carboxylic acids is 1. The predicted octanol–water partition coefficient (Wildman–Crippen LogP) is 5.28. The number of amides is 1. The lowest BCUT2D eigenvalue weighted by Crippen LogP contribution is -2.49. The molecule has 1 aromatic heterocycles. The molecule has 212 valence electrons. The Balaban J connectivity index is 1.49. The number of alkyl halides is 3. The van der Waals surface area contributed by atoms with Crippen LogP contribution < -0.4 is 10.1 Å². The van der Waals surface area contributed by atoms with Gasteiger partial charge in [-0.25, -0.2) is 9.37 Å². The van der Waals surface area contributed by atoms with E-state index in [0.29, 0.717) is 42.3 Å². The van der Waals surface area contributed by atoms with Crippen LogP contribution in [0.15, 0.2) is 42.6 Å². The maximum Gasteiger partial charge on any atom is 0.432 e. The number of ether oxygens (including phenoxy) is 1. The van der Waals surface area contributed by atoms with Crippen molar-refractivity contribution in [2.24, 2.45) is 0 Å². The fourth-order valence-corrected chi connectivity index (χ4v) is 4.34. The van der Waals surface area contributed by atoms with Gasteiger partial charge >= 0.3 is 12.1 Å². The molecule has 1 aliphatic rings. The average molecular weight is 578 g/mol. The number of aromatic amines is 1. The maximum atomic E-state index is 13.4. The molecule has 0 unspecified atom stereocenters. The normalized spacial score (nSPS) is 14.6. The SMILES string of the molecule is CC(C)N1CCN(CCOc2ccc(-c3ncc(C(F)(F)F)[nH]3)cc2NC(=O)C#Cc2ccc(F)c(Cl)c2)CC1. The number of H-pyrrole nitrogens is 1. The van der Waals surface area contributed by atoms with Crippen molar-refractivity contribution in [3.05, 3.63) is 64.7 Å². The summed E-state index contributed by atoms with van der Waals surface area (Å²) in [5, 5.41) is 2.50. The lowest BCUT2D eigenvalue weighted by atomic mass is 10.1. The Hall–Kier alpha value is -3.59. The number of imidazole rings is 1. The zero-order valence-corrected chi connectivity index (χ0v) is 22.7. The fraction of sp³-hybridized carbons (Fsp3) is 0.357. The van der Waals surface area contributed by atoms with E-state index in [0.717, 1.165) is 32.2 Å². The van der Waals surface area contributed by atoms with Crippen molar-refractivity contribution in [3.8, 4) is 29.0 Å². The number of benzene rings is 2. The first-order chi connectivity index (χ1) is 19.0. The van der Waals surface area contributed by atoms with Crippen LogP contribution >= 0.6 is 11.6 Å². The topological polar surface area (TPSA) is 73.5 Å². The van der Waals surface area contributed by atoms with Crippen LogP contribution in [0, 0.1) is 17.7 Å². The van der Waals surface area contributed by atoms with Crippen LogP contribution in [-0.4, -0.2) is 71.0 Å². The summed E-state index contributed by atoms with van der Waals surface area (Å²) in [5.74, 6) is 4.00. The van der Waals surface area contributed by atoms with E-state index in [9.17, 15) is 22.4 Å². The van der Waals surface area contributed by atoms with Gasteiger partial charge in [-0.05, 0) is 50.2 Å². The minimum Gasteiger partial charge on any atom is -0.490 e. The monoisotopic (exact) mass is 577 g/mol. The minimum atomic E-state index is -4.58. The molecule has 12 heteroatoms. The van der Waals surface area contributed by atoms with Gasteiger partial charge in [-0.1, -0.05) is 17.5 Å². The average Bonchev–Trinajstić information content (AvgIpc) is 3.42. The molecule has 0 spiro atoms. The summed E-state index contributed by atoms with van der Waals surface area (Å²) in [6.07, 6.45) is -3.87. The third kappa shape index (κ3) is 7.75. The van der Waals surface area contributed by atoms with Crippen molar-refractivity contribution in [3.63, 3.8) is 0 Å². The number of hydrogen-bond donors (Lipinski definition) is 2. The van der Waals surface area contributed by atoms with Crippen molar-refractivity contribution >= 4 is 23.2 Å². The number of piperazine rings is 1. The molecular formula is C28H28ClF4N5O2. The molecular weight excluding hydrogens is 550 g/mol. The first-order valence-corrected chi connectivity index (χ1v) is 13.0. The summed E-state index contributed by atoms with van der Waals surface area (Å²) < 4.78 is 58.5. The Kier molecular flexibility index (Phi) is 9.35. The van der Waals surface area contributed by atoms with Crippen molar-refractivity contribution in [1.29, 1.82) is 0 Å². The summed E-state index contributed by atoms with van der Waals surface area (Å²) in [5.41, 5.74) is -0.140. The van der Waals surface area contributed by atoms with E-state index < -0.39 is 23.6 Å². The second-order valence-corrected chi connectivity index (χ2v) is 9.91. The van der Waals surface area contributed by atoms with Crippen LogP contribution in [0.1, 0.15) is 25.1 Å². The Morgan fingerprint density at radius 1 is 1.18 bits per heavy atom. The summed E-state index contributed by atoms with van der Waals surface area (Å²) in [6, 6.07) is 8.88. The molecule has 1 amide bonds. The highest BCUT2D eigenvalue weighted by molar-refractivity contribution is 6.30. The van der Waals surface area contributed by atoms with Gasteiger partial charge in [-0.2, -0.15) is 13.2 Å². The Morgan fingerprint density at radius 3 is 2.58 bits per heavy atom. The van der Waals surface area contributed by atoms with E-state index in [1.807, 2.05) is 0 Å². The Morgan fingerprint density at radius 2 is 1.93 bits per heavy atom. The minimum absolute atomic E-state index is 0.0237. The van der Waals surface area contributed by atoms with Crippen LogP contribution in [0.5, 0.6) is 5.75 Å². The van der Waals surface area contributed by atoms with Crippen LogP contribution in [0.25, 0.3) is 11.4 Å². The molecule has 1 fully saturated rings. The zero-order chi connectivity index (χ0) is 28.9. The second-order valence-electron chi connectivity index (χ2n) is 9.51. The summed E-state index contributed by atoms with van der Waals surface area (Å²) in [6.45, 7) is 9.10. The molecule has 0 atom stereocenters. The van der Waals surface area contributed by atoms with Gasteiger partial charge in [-0.3, -0.25) is 14.6 Å². The highest BCUT2D eigenvalue weighted by Crippen LogP contribution is 2.33. The standard InChI is InChI=1S/C28H28ClF4N5O2/c1-18(2)38-11-9-37(10-12-38)13-14-40-24-7-5-20(27-34-17-25(36-27)28(31,32)33)16-23(24)35-26(39)8-4-19-3-6-22(30)21(29)15-19/h3,5-7,15-18H,9-14H2,1-2H3,(H,34,36)(H,35,39). The number of nitrogens with zero attached hydrogens (tertiary/aromatic N) is 3. The molecule has 4 rings (SSSR count). The van der Waals surface area contributed by atoms with Gasteiger partial charge in [0.1, 0.15) is 29.7 Å². The Labute approximate surface area is 234 Å². The molecule has 0 saturated carbocycles. The van der Waals surface area contributed by atoms with Crippen molar-refractivity contribution in [2.75, 3.05) is 44.6 Å². The van der Waals surface area contributed by atoms with Crippen LogP contribution in [0.2, 0.25) is 5.02 Å². The van der Waals surface area contributed by atoms with E-state index in [-0.39, 0.29) is 16.5 Å². The second kappa shape index (κ2) is 12.7. The Bertz CT molecular complexity index is 1410. The maximum absolute atomic E-state index is 13.4. The van der Waals surface area contributed by atoms with E-state index in [4.69, 9.17) is 16.3 Å². The highest BCUT2D eigenvalue weighted by atomic mass is 35.5. The molecule has 1 saturated heterocycles.